The first-order valence-corrected chi connectivity index (χ1v) is 8.30. The Morgan fingerprint density at radius 1 is 1.20 bits per heavy atom. The van der Waals surface area contributed by atoms with Gasteiger partial charge >= 0.3 is 0 Å². The Morgan fingerprint density at radius 2 is 1.95 bits per heavy atom. The van der Waals surface area contributed by atoms with E-state index >= 15 is 0 Å². The molecule has 0 spiro atoms. The van der Waals surface area contributed by atoms with Crippen LogP contribution < -0.4 is 5.32 Å². The van der Waals surface area contributed by atoms with Crippen LogP contribution in [0.15, 0.2) is 30.3 Å². The van der Waals surface area contributed by atoms with E-state index in [1.54, 1.807) is 0 Å². The Bertz CT molecular complexity index is 376. The maximum atomic E-state index is 3.75. The van der Waals surface area contributed by atoms with Crippen molar-refractivity contribution < 1.29 is 0 Å². The van der Waals surface area contributed by atoms with Crippen LogP contribution in [0.1, 0.15) is 58.1 Å². The molecule has 0 saturated carbocycles. The molecule has 0 radical (unpaired) electrons. The van der Waals surface area contributed by atoms with Gasteiger partial charge < -0.3 is 5.32 Å². The highest BCUT2D eigenvalue weighted by atomic mass is 15.3. The summed E-state index contributed by atoms with van der Waals surface area (Å²) in [5.41, 5.74) is 1.46. The van der Waals surface area contributed by atoms with E-state index in [4.69, 9.17) is 0 Å². The van der Waals surface area contributed by atoms with Crippen molar-refractivity contribution in [2.45, 2.75) is 64.6 Å². The van der Waals surface area contributed by atoms with E-state index in [2.05, 4.69) is 61.3 Å². The molecule has 1 saturated heterocycles. The number of benzene rings is 1. The van der Waals surface area contributed by atoms with Crippen molar-refractivity contribution in [2.24, 2.45) is 0 Å². The summed E-state index contributed by atoms with van der Waals surface area (Å²) in [5.74, 6) is 0. The highest BCUT2D eigenvalue weighted by Crippen LogP contribution is 2.28. The van der Waals surface area contributed by atoms with Gasteiger partial charge in [0.25, 0.3) is 0 Å². The number of nitrogens with one attached hydrogen (secondary N) is 1. The fraction of sp³-hybridized carbons (Fsp3) is 0.667. The number of hydrogen-bond donors (Lipinski definition) is 1. The van der Waals surface area contributed by atoms with Crippen molar-refractivity contribution >= 4 is 0 Å². The second kappa shape index (κ2) is 7.80. The highest BCUT2D eigenvalue weighted by Gasteiger charge is 2.31. The Kier molecular flexibility index (Phi) is 6.06. The molecule has 1 N–H and O–H groups in total. The van der Waals surface area contributed by atoms with Crippen LogP contribution >= 0.6 is 0 Å². The quantitative estimate of drug-likeness (QED) is 0.844. The average Bonchev–Trinajstić information content (AvgIpc) is 2.49. The van der Waals surface area contributed by atoms with E-state index in [1.165, 1.54) is 37.8 Å². The van der Waals surface area contributed by atoms with Crippen LogP contribution in [0.25, 0.3) is 0 Å². The molecule has 0 bridgehead atoms. The molecule has 1 aromatic rings. The van der Waals surface area contributed by atoms with Crippen LogP contribution in [0.4, 0.5) is 0 Å². The summed E-state index contributed by atoms with van der Waals surface area (Å²) in [5, 5.41) is 3.75. The Morgan fingerprint density at radius 3 is 2.60 bits per heavy atom. The molecule has 20 heavy (non-hydrogen) atoms. The van der Waals surface area contributed by atoms with E-state index in [0.717, 1.165) is 6.54 Å². The Labute approximate surface area is 124 Å². The van der Waals surface area contributed by atoms with Crippen LogP contribution in [0.3, 0.4) is 0 Å². The van der Waals surface area contributed by atoms with Crippen LogP contribution in [0, 0.1) is 0 Å². The summed E-state index contributed by atoms with van der Waals surface area (Å²) in [6, 6.07) is 12.9. The third-order valence-electron chi connectivity index (χ3n) is 4.53. The van der Waals surface area contributed by atoms with E-state index in [1.807, 2.05) is 0 Å². The van der Waals surface area contributed by atoms with Gasteiger partial charge in [-0.15, -0.1) is 0 Å². The molecule has 112 valence electrons. The maximum Gasteiger partial charge on any atom is 0.0476 e. The fourth-order valence-corrected chi connectivity index (χ4v) is 3.44. The van der Waals surface area contributed by atoms with Crippen LogP contribution in [-0.4, -0.2) is 30.1 Å². The van der Waals surface area contributed by atoms with Gasteiger partial charge in [0.15, 0.2) is 0 Å². The molecule has 2 nitrogen and oxygen atoms in total. The molecule has 3 atom stereocenters. The molecule has 1 aliphatic heterocycles. The molecule has 1 aromatic carbocycles. The third kappa shape index (κ3) is 3.83. The zero-order chi connectivity index (χ0) is 14.4. The standard InChI is InChI=1S/C18H30N2/c1-4-9-15(3)20-14-17(10-5-2)19-13-18(20)16-11-7-6-8-12-16/h6-8,11-12,15,17-19H,4-5,9-10,13-14H2,1-3H3. The summed E-state index contributed by atoms with van der Waals surface area (Å²) < 4.78 is 0. The first-order chi connectivity index (χ1) is 9.76. The number of rotatable bonds is 6. The normalized spacial score (nSPS) is 25.6. The molecule has 3 unspecified atom stereocenters. The van der Waals surface area contributed by atoms with Gasteiger partial charge in [-0.25, -0.2) is 0 Å². The zero-order valence-corrected chi connectivity index (χ0v) is 13.3. The summed E-state index contributed by atoms with van der Waals surface area (Å²) >= 11 is 0. The van der Waals surface area contributed by atoms with E-state index < -0.39 is 0 Å². The first kappa shape index (κ1) is 15.5. The molecule has 1 fully saturated rings. The largest absolute Gasteiger partial charge is 0.311 e. The molecule has 1 heterocycles. The van der Waals surface area contributed by atoms with Crippen LogP contribution in [0.5, 0.6) is 0 Å². The SMILES string of the molecule is CCCC1CN(C(C)CCC)C(c2ccccc2)CN1. The van der Waals surface area contributed by atoms with Crippen LogP contribution in [0.2, 0.25) is 0 Å². The lowest BCUT2D eigenvalue weighted by molar-refractivity contribution is 0.0814. The minimum absolute atomic E-state index is 0.533. The number of piperazine rings is 1. The molecule has 0 aliphatic carbocycles. The summed E-state index contributed by atoms with van der Waals surface area (Å²) in [6.07, 6.45) is 5.12. The van der Waals surface area contributed by atoms with Gasteiger partial charge in [0, 0.05) is 31.2 Å². The lowest BCUT2D eigenvalue weighted by Gasteiger charge is -2.44. The fourth-order valence-electron chi connectivity index (χ4n) is 3.44. The Hall–Kier alpha value is -0.860. The topological polar surface area (TPSA) is 15.3 Å². The highest BCUT2D eigenvalue weighted by molar-refractivity contribution is 5.20. The monoisotopic (exact) mass is 274 g/mol. The van der Waals surface area contributed by atoms with Crippen molar-refractivity contribution in [3.05, 3.63) is 35.9 Å². The van der Waals surface area contributed by atoms with Crippen molar-refractivity contribution in [2.75, 3.05) is 13.1 Å². The van der Waals surface area contributed by atoms with Gasteiger partial charge in [-0.1, -0.05) is 57.0 Å². The van der Waals surface area contributed by atoms with Gasteiger partial charge in [-0.3, -0.25) is 4.90 Å². The molecule has 2 rings (SSSR count). The van der Waals surface area contributed by atoms with Gasteiger partial charge in [0.1, 0.15) is 0 Å². The van der Waals surface area contributed by atoms with Gasteiger partial charge in [0.2, 0.25) is 0 Å². The molecule has 0 aromatic heterocycles. The van der Waals surface area contributed by atoms with Gasteiger partial charge in [-0.05, 0) is 25.3 Å². The second-order valence-corrected chi connectivity index (χ2v) is 6.15. The summed E-state index contributed by atoms with van der Waals surface area (Å²) in [7, 11) is 0. The lowest BCUT2D eigenvalue weighted by atomic mass is 9.96. The maximum absolute atomic E-state index is 3.75. The molecular formula is C18H30N2. The van der Waals surface area contributed by atoms with Gasteiger partial charge in [-0.2, -0.15) is 0 Å². The van der Waals surface area contributed by atoms with E-state index in [0.29, 0.717) is 18.1 Å². The van der Waals surface area contributed by atoms with Crippen LogP contribution in [-0.2, 0) is 0 Å². The third-order valence-corrected chi connectivity index (χ3v) is 4.53. The number of nitrogens with zero attached hydrogens (tertiary/aromatic N) is 1. The Balaban J connectivity index is 2.12. The predicted octanol–water partition coefficient (Wildman–Crippen LogP) is 3.99. The van der Waals surface area contributed by atoms with Crippen molar-refractivity contribution in [3.8, 4) is 0 Å². The van der Waals surface area contributed by atoms with E-state index in [-0.39, 0.29) is 0 Å². The molecule has 1 aliphatic rings. The molecular weight excluding hydrogens is 244 g/mol. The van der Waals surface area contributed by atoms with Crippen molar-refractivity contribution in [1.29, 1.82) is 0 Å². The van der Waals surface area contributed by atoms with Crippen molar-refractivity contribution in [3.63, 3.8) is 0 Å². The second-order valence-electron chi connectivity index (χ2n) is 6.15. The minimum Gasteiger partial charge on any atom is -0.311 e. The predicted molar refractivity (Wildman–Crippen MR) is 87.0 cm³/mol. The lowest BCUT2D eigenvalue weighted by Crippen LogP contribution is -2.54. The molecule has 2 heteroatoms. The average molecular weight is 274 g/mol. The van der Waals surface area contributed by atoms with Gasteiger partial charge in [0.05, 0.1) is 0 Å². The van der Waals surface area contributed by atoms with E-state index in [9.17, 15) is 0 Å². The zero-order valence-electron chi connectivity index (χ0n) is 13.3. The smallest absolute Gasteiger partial charge is 0.0476 e. The first-order valence-electron chi connectivity index (χ1n) is 8.30. The van der Waals surface area contributed by atoms with Crippen molar-refractivity contribution in [1.82, 2.24) is 10.2 Å². The number of hydrogen-bond acceptors (Lipinski definition) is 2. The molecule has 0 amide bonds. The summed E-state index contributed by atoms with van der Waals surface area (Å²) in [6.45, 7) is 9.25. The summed E-state index contributed by atoms with van der Waals surface area (Å²) in [4.78, 5) is 2.73. The minimum atomic E-state index is 0.533.